The normalized spacial score (nSPS) is 16.2. The van der Waals surface area contributed by atoms with Crippen molar-refractivity contribution in [2.24, 2.45) is 0 Å². The highest BCUT2D eigenvalue weighted by atomic mass is 16.1. The van der Waals surface area contributed by atoms with Gasteiger partial charge < -0.3 is 4.98 Å². The van der Waals surface area contributed by atoms with Crippen LogP contribution in [0.15, 0.2) is 53.5 Å². The molecule has 2 N–H and O–H groups in total. The van der Waals surface area contributed by atoms with Crippen LogP contribution < -0.4 is 5.56 Å². The minimum Gasteiger partial charge on any atom is -0.329 e. The molecule has 1 aromatic carbocycles. The summed E-state index contributed by atoms with van der Waals surface area (Å²) in [4.78, 5) is 21.1. The zero-order chi connectivity index (χ0) is 17.1. The second-order valence-electron chi connectivity index (χ2n) is 6.52. The number of nitrogens with one attached hydrogen (secondary N) is 2. The molecule has 128 valence electrons. The van der Waals surface area contributed by atoms with Gasteiger partial charge in [-0.2, -0.15) is 5.10 Å². The number of pyridine rings is 1. The predicted octanol–water partition coefficient (Wildman–Crippen LogP) is 2.54. The fraction of sp³-hybridized carbons (Fsp3) is 0.316. The van der Waals surface area contributed by atoms with Crippen LogP contribution in [0.5, 0.6) is 0 Å². The van der Waals surface area contributed by atoms with Crippen molar-refractivity contribution in [3.05, 3.63) is 70.4 Å². The second kappa shape index (κ2) is 7.03. The van der Waals surface area contributed by atoms with Crippen LogP contribution in [0.25, 0.3) is 11.4 Å². The maximum Gasteiger partial charge on any atom is 0.248 e. The largest absolute Gasteiger partial charge is 0.329 e. The minimum atomic E-state index is -0.0394. The monoisotopic (exact) mass is 335 g/mol. The van der Waals surface area contributed by atoms with E-state index in [1.807, 2.05) is 36.4 Å². The van der Waals surface area contributed by atoms with Gasteiger partial charge in [-0.15, -0.1) is 0 Å². The number of likely N-dealkylation sites (tertiary alicyclic amines) is 1. The van der Waals surface area contributed by atoms with Crippen LogP contribution in [0.1, 0.15) is 30.1 Å². The highest BCUT2D eigenvalue weighted by Gasteiger charge is 2.23. The van der Waals surface area contributed by atoms with Crippen LogP contribution in [0.2, 0.25) is 0 Å². The number of benzene rings is 1. The number of aromatic nitrogens is 4. The summed E-state index contributed by atoms with van der Waals surface area (Å²) in [7, 11) is 0. The van der Waals surface area contributed by atoms with E-state index in [0.29, 0.717) is 5.92 Å². The Kier molecular flexibility index (Phi) is 4.43. The number of aromatic amines is 2. The van der Waals surface area contributed by atoms with Crippen molar-refractivity contribution in [3.8, 4) is 11.4 Å². The molecule has 3 aromatic rings. The van der Waals surface area contributed by atoms with Crippen molar-refractivity contribution in [3.63, 3.8) is 0 Å². The number of hydrogen-bond acceptors (Lipinski definition) is 4. The summed E-state index contributed by atoms with van der Waals surface area (Å²) in [6, 6.07) is 13.7. The average molecular weight is 335 g/mol. The molecule has 0 spiro atoms. The molecular weight excluding hydrogens is 314 g/mol. The highest BCUT2D eigenvalue weighted by Crippen LogP contribution is 2.27. The highest BCUT2D eigenvalue weighted by molar-refractivity contribution is 5.53. The third-order valence-electron chi connectivity index (χ3n) is 4.75. The van der Waals surface area contributed by atoms with Crippen LogP contribution >= 0.6 is 0 Å². The van der Waals surface area contributed by atoms with E-state index in [9.17, 15) is 4.79 Å². The fourth-order valence-electron chi connectivity index (χ4n) is 3.38. The van der Waals surface area contributed by atoms with Gasteiger partial charge in [-0.25, -0.2) is 4.98 Å². The van der Waals surface area contributed by atoms with E-state index < -0.39 is 0 Å². The number of rotatable bonds is 4. The van der Waals surface area contributed by atoms with Gasteiger partial charge in [0.1, 0.15) is 5.82 Å². The summed E-state index contributed by atoms with van der Waals surface area (Å²) in [6.45, 7) is 2.82. The first-order valence-electron chi connectivity index (χ1n) is 8.65. The zero-order valence-corrected chi connectivity index (χ0v) is 14.0. The van der Waals surface area contributed by atoms with Gasteiger partial charge in [0, 0.05) is 30.3 Å². The Morgan fingerprint density at radius 1 is 1.12 bits per heavy atom. The summed E-state index contributed by atoms with van der Waals surface area (Å²) in [5.41, 5.74) is 2.06. The van der Waals surface area contributed by atoms with Gasteiger partial charge in [-0.05, 0) is 37.6 Å². The Morgan fingerprint density at radius 3 is 2.68 bits per heavy atom. The Balaban J connectivity index is 1.37. The Morgan fingerprint density at radius 2 is 1.92 bits per heavy atom. The van der Waals surface area contributed by atoms with Gasteiger partial charge in [0.15, 0.2) is 5.82 Å². The van der Waals surface area contributed by atoms with Crippen LogP contribution in [-0.2, 0) is 6.54 Å². The van der Waals surface area contributed by atoms with E-state index in [1.165, 1.54) is 0 Å². The van der Waals surface area contributed by atoms with Gasteiger partial charge in [-0.3, -0.25) is 14.8 Å². The third-order valence-corrected chi connectivity index (χ3v) is 4.75. The molecule has 3 heterocycles. The van der Waals surface area contributed by atoms with Crippen LogP contribution in [0.3, 0.4) is 0 Å². The summed E-state index contributed by atoms with van der Waals surface area (Å²) in [5.74, 6) is 2.16. The average Bonchev–Trinajstić information content (AvgIpc) is 3.13. The molecule has 0 radical (unpaired) electrons. The molecule has 0 amide bonds. The smallest absolute Gasteiger partial charge is 0.248 e. The van der Waals surface area contributed by atoms with Crippen LogP contribution in [0.4, 0.5) is 0 Å². The first-order chi connectivity index (χ1) is 12.3. The molecule has 0 aliphatic carbocycles. The first-order valence-corrected chi connectivity index (χ1v) is 8.65. The van der Waals surface area contributed by atoms with Crippen molar-refractivity contribution in [2.45, 2.75) is 25.3 Å². The molecule has 0 bridgehead atoms. The van der Waals surface area contributed by atoms with E-state index in [-0.39, 0.29) is 5.56 Å². The number of H-pyrrole nitrogens is 2. The lowest BCUT2D eigenvalue weighted by Gasteiger charge is -2.30. The minimum absolute atomic E-state index is 0.0394. The predicted molar refractivity (Wildman–Crippen MR) is 96.1 cm³/mol. The van der Waals surface area contributed by atoms with Crippen molar-refractivity contribution in [1.82, 2.24) is 25.1 Å². The molecule has 6 nitrogen and oxygen atoms in total. The molecule has 1 aliphatic rings. The molecule has 6 heteroatoms. The van der Waals surface area contributed by atoms with E-state index in [1.54, 1.807) is 12.3 Å². The fourth-order valence-corrected chi connectivity index (χ4v) is 3.38. The summed E-state index contributed by atoms with van der Waals surface area (Å²) in [5, 5.41) is 7.49. The molecule has 2 aromatic heterocycles. The van der Waals surface area contributed by atoms with Crippen molar-refractivity contribution < 1.29 is 0 Å². The van der Waals surface area contributed by atoms with Gasteiger partial charge in [0.2, 0.25) is 5.56 Å². The Labute approximate surface area is 145 Å². The SMILES string of the molecule is O=c1cc(CN2CCC(c3nc(-c4ccccc4)n[nH]3)CC2)cc[nH]1. The molecule has 1 aliphatic heterocycles. The Bertz CT molecular complexity index is 878. The number of hydrogen-bond donors (Lipinski definition) is 2. The molecular formula is C19H21N5O. The lowest BCUT2D eigenvalue weighted by Crippen LogP contribution is -2.33. The molecule has 4 rings (SSSR count). The molecule has 25 heavy (non-hydrogen) atoms. The number of nitrogens with zero attached hydrogens (tertiary/aromatic N) is 3. The maximum atomic E-state index is 11.4. The van der Waals surface area contributed by atoms with Gasteiger partial charge in [-0.1, -0.05) is 30.3 Å². The topological polar surface area (TPSA) is 77.7 Å². The molecule has 1 saturated heterocycles. The molecule has 0 saturated carbocycles. The summed E-state index contributed by atoms with van der Waals surface area (Å²) >= 11 is 0. The Hall–Kier alpha value is -2.73. The van der Waals surface area contributed by atoms with E-state index in [4.69, 9.17) is 4.98 Å². The first kappa shape index (κ1) is 15.8. The third kappa shape index (κ3) is 3.69. The summed E-state index contributed by atoms with van der Waals surface area (Å²) < 4.78 is 0. The van der Waals surface area contributed by atoms with Crippen LogP contribution in [-0.4, -0.2) is 38.2 Å². The summed E-state index contributed by atoms with van der Waals surface area (Å²) in [6.07, 6.45) is 3.81. The van der Waals surface area contributed by atoms with Crippen LogP contribution in [0, 0.1) is 0 Å². The van der Waals surface area contributed by atoms with Gasteiger partial charge >= 0.3 is 0 Å². The van der Waals surface area contributed by atoms with Gasteiger partial charge in [0.05, 0.1) is 0 Å². The quantitative estimate of drug-likeness (QED) is 0.768. The number of piperidine rings is 1. The second-order valence-corrected chi connectivity index (χ2v) is 6.52. The van der Waals surface area contributed by atoms with Crippen molar-refractivity contribution in [1.29, 1.82) is 0 Å². The molecule has 0 atom stereocenters. The van der Waals surface area contributed by atoms with E-state index in [2.05, 4.69) is 20.1 Å². The van der Waals surface area contributed by atoms with E-state index >= 15 is 0 Å². The molecule has 0 unspecified atom stereocenters. The zero-order valence-electron chi connectivity index (χ0n) is 14.0. The van der Waals surface area contributed by atoms with Crippen molar-refractivity contribution >= 4 is 0 Å². The van der Waals surface area contributed by atoms with Crippen molar-refractivity contribution in [2.75, 3.05) is 13.1 Å². The lowest BCUT2D eigenvalue weighted by molar-refractivity contribution is 0.202. The standard InChI is InChI=1S/C19H21N5O/c25-17-12-14(6-9-20-17)13-24-10-7-16(8-11-24)19-21-18(22-23-19)15-4-2-1-3-5-15/h1-6,9,12,16H,7-8,10-11,13H2,(H,20,25)(H,21,22,23). The van der Waals surface area contributed by atoms with Gasteiger partial charge in [0.25, 0.3) is 0 Å². The van der Waals surface area contributed by atoms with E-state index in [0.717, 1.165) is 55.3 Å². The lowest BCUT2D eigenvalue weighted by atomic mass is 9.96. The maximum absolute atomic E-state index is 11.4. The molecule has 1 fully saturated rings.